The summed E-state index contributed by atoms with van der Waals surface area (Å²) < 4.78 is 10.2. The van der Waals surface area contributed by atoms with E-state index in [1.807, 2.05) is 13.8 Å². The summed E-state index contributed by atoms with van der Waals surface area (Å²) in [6.45, 7) is 4.08. The molecular weight excluding hydrogens is 170 g/mol. The van der Waals surface area contributed by atoms with Gasteiger partial charge in [0.25, 0.3) is 0 Å². The summed E-state index contributed by atoms with van der Waals surface area (Å²) in [6, 6.07) is 2.09. The van der Waals surface area contributed by atoms with E-state index in [1.54, 1.807) is 0 Å². The summed E-state index contributed by atoms with van der Waals surface area (Å²) in [5, 5.41) is 17.6. The number of ether oxygens (including phenoxy) is 2. The molecular formula is C9H17NO3. The zero-order chi connectivity index (χ0) is 10.3. The normalized spacial score (nSPS) is 15.4. The van der Waals surface area contributed by atoms with Gasteiger partial charge in [-0.15, -0.1) is 0 Å². The average molecular weight is 187 g/mol. The van der Waals surface area contributed by atoms with E-state index in [4.69, 9.17) is 19.8 Å². The van der Waals surface area contributed by atoms with Gasteiger partial charge >= 0.3 is 0 Å². The maximum absolute atomic E-state index is 8.97. The number of methoxy groups -OCH3 is 1. The molecule has 0 aliphatic carbocycles. The summed E-state index contributed by atoms with van der Waals surface area (Å²) in [5.41, 5.74) is -0.933. The highest BCUT2D eigenvalue weighted by atomic mass is 16.5. The third-order valence-corrected chi connectivity index (χ3v) is 1.93. The van der Waals surface area contributed by atoms with Gasteiger partial charge in [-0.25, -0.2) is 0 Å². The van der Waals surface area contributed by atoms with Gasteiger partial charge in [-0.3, -0.25) is 0 Å². The molecule has 4 nitrogen and oxygen atoms in total. The van der Waals surface area contributed by atoms with E-state index in [1.165, 1.54) is 7.11 Å². The summed E-state index contributed by atoms with van der Waals surface area (Å²) in [7, 11) is 1.52. The molecule has 4 heteroatoms. The van der Waals surface area contributed by atoms with E-state index < -0.39 is 5.60 Å². The first-order valence-electron chi connectivity index (χ1n) is 4.28. The lowest BCUT2D eigenvalue weighted by Gasteiger charge is -2.29. The number of aliphatic hydroxyl groups is 1. The van der Waals surface area contributed by atoms with Crippen LogP contribution in [-0.2, 0) is 9.47 Å². The van der Waals surface area contributed by atoms with Gasteiger partial charge in [-0.05, 0) is 5.92 Å². The van der Waals surface area contributed by atoms with Gasteiger partial charge in [-0.2, -0.15) is 5.26 Å². The highest BCUT2D eigenvalue weighted by molar-refractivity contribution is 5.04. The summed E-state index contributed by atoms with van der Waals surface area (Å²) in [4.78, 5) is 0. The lowest BCUT2D eigenvalue weighted by atomic mass is 9.92. The van der Waals surface area contributed by atoms with Crippen LogP contribution in [0.25, 0.3) is 0 Å². The van der Waals surface area contributed by atoms with Gasteiger partial charge in [0.1, 0.15) is 6.07 Å². The van der Waals surface area contributed by atoms with Crippen LogP contribution in [0.15, 0.2) is 0 Å². The van der Waals surface area contributed by atoms with E-state index in [2.05, 4.69) is 6.07 Å². The molecule has 76 valence electrons. The van der Waals surface area contributed by atoms with Crippen molar-refractivity contribution in [1.82, 2.24) is 0 Å². The van der Waals surface area contributed by atoms with Crippen molar-refractivity contribution in [2.24, 2.45) is 5.92 Å². The number of rotatable bonds is 6. The molecule has 0 heterocycles. The molecule has 1 unspecified atom stereocenters. The molecule has 0 aromatic heterocycles. The molecule has 0 aromatic carbocycles. The molecule has 13 heavy (non-hydrogen) atoms. The molecule has 0 aliphatic rings. The van der Waals surface area contributed by atoms with E-state index in [-0.39, 0.29) is 25.7 Å². The molecule has 0 rings (SSSR count). The molecule has 0 bridgehead atoms. The maximum Gasteiger partial charge on any atom is 0.179 e. The molecule has 1 atom stereocenters. The van der Waals surface area contributed by atoms with Crippen molar-refractivity contribution in [2.75, 3.05) is 26.9 Å². The highest BCUT2D eigenvalue weighted by Crippen LogP contribution is 2.21. The Morgan fingerprint density at radius 3 is 2.46 bits per heavy atom. The Balaban J connectivity index is 4.38. The van der Waals surface area contributed by atoms with Crippen molar-refractivity contribution >= 4 is 0 Å². The van der Waals surface area contributed by atoms with Crippen LogP contribution in [0.3, 0.4) is 0 Å². The van der Waals surface area contributed by atoms with Crippen LogP contribution in [0.5, 0.6) is 0 Å². The lowest BCUT2D eigenvalue weighted by Crippen LogP contribution is -2.42. The largest absolute Gasteiger partial charge is 0.394 e. The Hall–Kier alpha value is -0.630. The highest BCUT2D eigenvalue weighted by Gasteiger charge is 2.34. The predicted octanol–water partition coefficient (Wildman–Crippen LogP) is 0.560. The van der Waals surface area contributed by atoms with Gasteiger partial charge in [0.05, 0.1) is 19.8 Å². The Morgan fingerprint density at radius 2 is 2.15 bits per heavy atom. The second-order valence-corrected chi connectivity index (χ2v) is 3.16. The first kappa shape index (κ1) is 12.4. The van der Waals surface area contributed by atoms with Crippen molar-refractivity contribution in [1.29, 1.82) is 5.26 Å². The van der Waals surface area contributed by atoms with E-state index in [0.717, 1.165) is 0 Å². The zero-order valence-electron chi connectivity index (χ0n) is 8.41. The predicted molar refractivity (Wildman–Crippen MR) is 48.1 cm³/mol. The average Bonchev–Trinajstić information content (AvgIpc) is 2.12. The van der Waals surface area contributed by atoms with E-state index >= 15 is 0 Å². The van der Waals surface area contributed by atoms with Crippen LogP contribution in [-0.4, -0.2) is 37.6 Å². The summed E-state index contributed by atoms with van der Waals surface area (Å²) in [6.07, 6.45) is 0. The van der Waals surface area contributed by atoms with E-state index in [0.29, 0.717) is 0 Å². The van der Waals surface area contributed by atoms with Gasteiger partial charge in [0.15, 0.2) is 5.60 Å². The van der Waals surface area contributed by atoms with Gasteiger partial charge in [-0.1, -0.05) is 13.8 Å². The topological polar surface area (TPSA) is 62.5 Å². The maximum atomic E-state index is 8.97. The number of hydrogen-bond acceptors (Lipinski definition) is 4. The minimum absolute atomic E-state index is 0.0315. The second-order valence-electron chi connectivity index (χ2n) is 3.16. The molecule has 0 radical (unpaired) electrons. The van der Waals surface area contributed by atoms with Gasteiger partial charge in [0, 0.05) is 7.11 Å². The number of aliphatic hydroxyl groups excluding tert-OH is 1. The Kier molecular flexibility index (Phi) is 5.63. The minimum Gasteiger partial charge on any atom is -0.394 e. The van der Waals surface area contributed by atoms with Crippen molar-refractivity contribution < 1.29 is 14.6 Å². The molecule has 0 saturated heterocycles. The Labute approximate surface area is 79.1 Å². The Bertz CT molecular complexity index is 176. The molecule has 0 saturated carbocycles. The zero-order valence-corrected chi connectivity index (χ0v) is 8.41. The van der Waals surface area contributed by atoms with Crippen molar-refractivity contribution in [2.45, 2.75) is 19.4 Å². The molecule has 0 amide bonds. The number of nitriles is 1. The third-order valence-electron chi connectivity index (χ3n) is 1.93. The Morgan fingerprint density at radius 1 is 1.54 bits per heavy atom. The number of hydrogen-bond donors (Lipinski definition) is 1. The van der Waals surface area contributed by atoms with Crippen LogP contribution in [0.4, 0.5) is 0 Å². The fraction of sp³-hybridized carbons (Fsp3) is 0.889. The standard InChI is InChI=1S/C9H17NO3/c1-8(2)9(6-10,7-12-3)13-5-4-11/h8,11H,4-5,7H2,1-3H3. The quantitative estimate of drug-likeness (QED) is 0.660. The SMILES string of the molecule is COCC(C#N)(OCCO)C(C)C. The number of nitrogens with zero attached hydrogens (tertiary/aromatic N) is 1. The molecule has 0 spiro atoms. The van der Waals surface area contributed by atoms with Crippen LogP contribution in [0.2, 0.25) is 0 Å². The minimum atomic E-state index is -0.933. The lowest BCUT2D eigenvalue weighted by molar-refractivity contribution is -0.0868. The fourth-order valence-corrected chi connectivity index (χ4v) is 1.01. The van der Waals surface area contributed by atoms with Gasteiger partial charge in [0.2, 0.25) is 0 Å². The summed E-state index contributed by atoms with van der Waals surface area (Å²) in [5.74, 6) is 0.0315. The third kappa shape index (κ3) is 3.31. The second kappa shape index (κ2) is 5.92. The first-order valence-corrected chi connectivity index (χ1v) is 4.28. The van der Waals surface area contributed by atoms with Gasteiger partial charge < -0.3 is 14.6 Å². The fourth-order valence-electron chi connectivity index (χ4n) is 1.01. The van der Waals surface area contributed by atoms with Crippen LogP contribution < -0.4 is 0 Å². The molecule has 0 aliphatic heterocycles. The molecule has 1 N–H and O–H groups in total. The first-order chi connectivity index (χ1) is 6.13. The van der Waals surface area contributed by atoms with Crippen molar-refractivity contribution in [3.63, 3.8) is 0 Å². The smallest absolute Gasteiger partial charge is 0.179 e. The monoisotopic (exact) mass is 187 g/mol. The van der Waals surface area contributed by atoms with Crippen LogP contribution in [0, 0.1) is 17.2 Å². The molecule has 0 fully saturated rings. The van der Waals surface area contributed by atoms with E-state index in [9.17, 15) is 0 Å². The van der Waals surface area contributed by atoms with Crippen molar-refractivity contribution in [3.05, 3.63) is 0 Å². The van der Waals surface area contributed by atoms with Crippen LogP contribution >= 0.6 is 0 Å². The van der Waals surface area contributed by atoms with Crippen LogP contribution in [0.1, 0.15) is 13.8 Å². The molecule has 0 aromatic rings. The summed E-state index contributed by atoms with van der Waals surface area (Å²) >= 11 is 0. The van der Waals surface area contributed by atoms with Crippen molar-refractivity contribution in [3.8, 4) is 6.07 Å².